The lowest BCUT2D eigenvalue weighted by Gasteiger charge is -2.20. The normalized spacial score (nSPS) is 22.0. The number of hydrogen-bond donors (Lipinski definition) is 1. The van der Waals surface area contributed by atoms with Crippen LogP contribution in [0.25, 0.3) is 0 Å². The van der Waals surface area contributed by atoms with Crippen molar-refractivity contribution in [2.75, 3.05) is 0 Å². The lowest BCUT2D eigenvalue weighted by Crippen LogP contribution is -2.04. The highest BCUT2D eigenvalue weighted by Gasteiger charge is 2.21. The average Bonchev–Trinajstić information content (AvgIpc) is 2.74. The highest BCUT2D eigenvalue weighted by molar-refractivity contribution is 6.30. The van der Waals surface area contributed by atoms with Crippen molar-refractivity contribution in [3.63, 3.8) is 0 Å². The molecular weight excluding hydrogens is 335 g/mol. The van der Waals surface area contributed by atoms with Gasteiger partial charge in [-0.05, 0) is 66.3 Å². The fourth-order valence-corrected chi connectivity index (χ4v) is 4.37. The predicted molar refractivity (Wildman–Crippen MR) is 102 cm³/mol. The Kier molecular flexibility index (Phi) is 6.50. The largest absolute Gasteiger partial charge is 0.392 e. The standard InChI is InChI=1S/C22H26ClFO/c23-19-12-13-21(22(24)14-19)17-7-2-1-6-16(9-5-10-17)20-11-4-3-8-18(20)15-25/h3-4,8,11-14,16-17,25H,1-2,5-7,9-10,15H2. The third kappa shape index (κ3) is 4.62. The molecule has 2 aromatic carbocycles. The van der Waals surface area contributed by atoms with Crippen LogP contribution >= 0.6 is 11.6 Å². The molecular formula is C22H26ClFO. The molecule has 2 aromatic rings. The number of rotatable bonds is 3. The van der Waals surface area contributed by atoms with E-state index < -0.39 is 0 Å². The topological polar surface area (TPSA) is 20.2 Å². The van der Waals surface area contributed by atoms with Crippen molar-refractivity contribution >= 4 is 11.6 Å². The van der Waals surface area contributed by atoms with Crippen LogP contribution < -0.4 is 0 Å². The third-order valence-electron chi connectivity index (χ3n) is 5.53. The molecule has 1 nitrogen and oxygen atoms in total. The van der Waals surface area contributed by atoms with Crippen molar-refractivity contribution in [2.24, 2.45) is 0 Å². The fraction of sp³-hybridized carbons (Fsp3) is 0.455. The second kappa shape index (κ2) is 8.82. The molecule has 0 aliphatic heterocycles. The minimum Gasteiger partial charge on any atom is -0.392 e. The van der Waals surface area contributed by atoms with Crippen molar-refractivity contribution in [1.82, 2.24) is 0 Å². The molecule has 1 fully saturated rings. The van der Waals surface area contributed by atoms with Gasteiger partial charge in [-0.3, -0.25) is 0 Å². The summed E-state index contributed by atoms with van der Waals surface area (Å²) in [6, 6.07) is 13.3. The van der Waals surface area contributed by atoms with Crippen molar-refractivity contribution in [2.45, 2.75) is 63.4 Å². The Labute approximate surface area is 154 Å². The smallest absolute Gasteiger partial charge is 0.128 e. The maximum absolute atomic E-state index is 14.3. The van der Waals surface area contributed by atoms with Crippen LogP contribution in [0, 0.1) is 5.82 Å². The zero-order valence-electron chi connectivity index (χ0n) is 14.6. The summed E-state index contributed by atoms with van der Waals surface area (Å²) in [7, 11) is 0. The number of halogens is 2. The van der Waals surface area contributed by atoms with Crippen LogP contribution in [0.4, 0.5) is 4.39 Å². The first-order valence-corrected chi connectivity index (χ1v) is 9.70. The molecule has 1 N–H and O–H groups in total. The second-order valence-corrected chi connectivity index (χ2v) is 7.57. The molecule has 1 aliphatic carbocycles. The SMILES string of the molecule is OCc1ccccc1C1CCCCC(c2ccc(Cl)cc2F)CCC1. The van der Waals surface area contributed by atoms with Crippen molar-refractivity contribution in [3.8, 4) is 0 Å². The van der Waals surface area contributed by atoms with Crippen molar-refractivity contribution in [3.05, 3.63) is 70.0 Å². The van der Waals surface area contributed by atoms with E-state index in [0.717, 1.165) is 56.1 Å². The van der Waals surface area contributed by atoms with Crippen LogP contribution in [0.3, 0.4) is 0 Å². The fourth-order valence-electron chi connectivity index (χ4n) is 4.21. The molecule has 0 spiro atoms. The van der Waals surface area contributed by atoms with E-state index >= 15 is 0 Å². The van der Waals surface area contributed by atoms with Gasteiger partial charge in [-0.2, -0.15) is 0 Å². The second-order valence-electron chi connectivity index (χ2n) is 7.13. The van der Waals surface area contributed by atoms with Gasteiger partial charge in [0.15, 0.2) is 0 Å². The molecule has 2 unspecified atom stereocenters. The van der Waals surface area contributed by atoms with Gasteiger partial charge < -0.3 is 5.11 Å². The minimum atomic E-state index is -0.168. The summed E-state index contributed by atoms with van der Waals surface area (Å²) in [5.74, 6) is 0.611. The van der Waals surface area contributed by atoms with Crippen LogP contribution in [0.15, 0.2) is 42.5 Å². The molecule has 0 amide bonds. The van der Waals surface area contributed by atoms with Crippen LogP contribution in [-0.2, 0) is 6.61 Å². The Morgan fingerprint density at radius 1 is 0.880 bits per heavy atom. The van der Waals surface area contributed by atoms with Gasteiger partial charge in [0.1, 0.15) is 5.82 Å². The van der Waals surface area contributed by atoms with Gasteiger partial charge in [-0.15, -0.1) is 0 Å². The Bertz CT molecular complexity index is 700. The average molecular weight is 361 g/mol. The highest BCUT2D eigenvalue weighted by atomic mass is 35.5. The first-order chi connectivity index (χ1) is 12.2. The Morgan fingerprint density at radius 3 is 2.20 bits per heavy atom. The third-order valence-corrected chi connectivity index (χ3v) is 5.76. The minimum absolute atomic E-state index is 0.102. The number of aliphatic hydroxyl groups is 1. The first-order valence-electron chi connectivity index (χ1n) is 9.32. The van der Waals surface area contributed by atoms with Crippen LogP contribution in [0.2, 0.25) is 5.02 Å². The summed E-state index contributed by atoms with van der Waals surface area (Å²) >= 11 is 5.90. The van der Waals surface area contributed by atoms with E-state index in [4.69, 9.17) is 11.6 Å². The van der Waals surface area contributed by atoms with E-state index in [1.165, 1.54) is 11.6 Å². The maximum Gasteiger partial charge on any atom is 0.128 e. The lowest BCUT2D eigenvalue weighted by atomic mass is 9.86. The van der Waals surface area contributed by atoms with E-state index in [1.54, 1.807) is 6.07 Å². The lowest BCUT2D eigenvalue weighted by molar-refractivity contribution is 0.279. The van der Waals surface area contributed by atoms with Crippen LogP contribution in [0.1, 0.15) is 73.5 Å². The van der Waals surface area contributed by atoms with Gasteiger partial charge in [0.05, 0.1) is 6.61 Å². The molecule has 1 aliphatic rings. The quantitative estimate of drug-likeness (QED) is 0.655. The zero-order valence-corrected chi connectivity index (χ0v) is 15.3. The van der Waals surface area contributed by atoms with Crippen LogP contribution in [-0.4, -0.2) is 5.11 Å². The molecule has 0 aromatic heterocycles. The molecule has 0 saturated heterocycles. The molecule has 3 rings (SSSR count). The van der Waals surface area contributed by atoms with Crippen LogP contribution in [0.5, 0.6) is 0 Å². The Balaban J connectivity index is 1.72. The summed E-state index contributed by atoms with van der Waals surface area (Å²) in [4.78, 5) is 0. The van der Waals surface area contributed by atoms with Gasteiger partial charge in [0.25, 0.3) is 0 Å². The molecule has 3 heteroatoms. The molecule has 2 atom stereocenters. The predicted octanol–water partition coefficient (Wildman–Crippen LogP) is 6.58. The monoisotopic (exact) mass is 360 g/mol. The Hall–Kier alpha value is -1.38. The molecule has 25 heavy (non-hydrogen) atoms. The summed E-state index contributed by atoms with van der Waals surface area (Å²) in [5, 5.41) is 10.1. The number of hydrogen-bond acceptors (Lipinski definition) is 1. The number of benzene rings is 2. The summed E-state index contributed by atoms with van der Waals surface area (Å²) in [6.45, 7) is 0.102. The van der Waals surface area contributed by atoms with E-state index in [-0.39, 0.29) is 18.3 Å². The molecule has 1 saturated carbocycles. The number of aliphatic hydroxyl groups excluding tert-OH is 1. The summed E-state index contributed by atoms with van der Waals surface area (Å²) in [5.41, 5.74) is 3.16. The first kappa shape index (κ1) is 18.4. The van der Waals surface area contributed by atoms with Gasteiger partial charge in [-0.1, -0.05) is 61.2 Å². The van der Waals surface area contributed by atoms with Crippen molar-refractivity contribution in [1.29, 1.82) is 0 Å². The highest BCUT2D eigenvalue weighted by Crippen LogP contribution is 2.37. The zero-order chi connectivity index (χ0) is 17.6. The van der Waals surface area contributed by atoms with E-state index in [0.29, 0.717) is 10.9 Å². The van der Waals surface area contributed by atoms with E-state index in [9.17, 15) is 9.50 Å². The summed E-state index contributed by atoms with van der Waals surface area (Å²) in [6.07, 6.45) is 7.64. The van der Waals surface area contributed by atoms with Gasteiger partial charge in [0.2, 0.25) is 0 Å². The van der Waals surface area contributed by atoms with E-state index in [2.05, 4.69) is 12.1 Å². The summed E-state index contributed by atoms with van der Waals surface area (Å²) < 4.78 is 14.3. The van der Waals surface area contributed by atoms with Gasteiger partial charge >= 0.3 is 0 Å². The van der Waals surface area contributed by atoms with E-state index in [1.807, 2.05) is 18.2 Å². The van der Waals surface area contributed by atoms with Crippen molar-refractivity contribution < 1.29 is 9.50 Å². The Morgan fingerprint density at radius 2 is 1.52 bits per heavy atom. The van der Waals surface area contributed by atoms with Gasteiger partial charge in [0, 0.05) is 5.02 Å². The maximum atomic E-state index is 14.3. The molecule has 134 valence electrons. The molecule has 0 radical (unpaired) electrons. The molecule has 0 heterocycles. The van der Waals surface area contributed by atoms with Gasteiger partial charge in [-0.25, -0.2) is 4.39 Å². The molecule has 0 bridgehead atoms.